The van der Waals surface area contributed by atoms with Gasteiger partial charge >= 0.3 is 0 Å². The Morgan fingerprint density at radius 3 is 2.85 bits per heavy atom. The maximum atomic E-state index is 6.05. The molecule has 2 aliphatic rings. The monoisotopic (exact) mass is 408 g/mol. The van der Waals surface area contributed by atoms with Gasteiger partial charge in [0.15, 0.2) is 5.96 Å². The van der Waals surface area contributed by atoms with Gasteiger partial charge in [0.1, 0.15) is 11.5 Å². The normalized spacial score (nSPS) is 19.4. The number of nitrogens with zero attached hydrogens (tertiary/aromatic N) is 3. The van der Waals surface area contributed by atoms with Crippen molar-refractivity contribution in [2.75, 3.05) is 24.6 Å². The predicted molar refractivity (Wildman–Crippen MR) is 92.8 cm³/mol. The van der Waals surface area contributed by atoms with Gasteiger partial charge in [0, 0.05) is 36.6 Å². The smallest absolute Gasteiger partial charge is 0.191 e. The zero-order valence-electron chi connectivity index (χ0n) is 11.5. The molecule has 1 saturated heterocycles. The molecule has 112 valence electrons. The molecular weight excluding hydrogens is 387 g/mol. The first-order chi connectivity index (χ1) is 9.34. The number of nitrogens with two attached hydrogens (primary N) is 1. The molecule has 0 spiro atoms. The molecule has 2 heterocycles. The van der Waals surface area contributed by atoms with Crippen LogP contribution in [0.25, 0.3) is 0 Å². The Balaban J connectivity index is 0.00000147. The fourth-order valence-corrected chi connectivity index (χ4v) is 3.52. The first-order valence-electron chi connectivity index (χ1n) is 6.93. The summed E-state index contributed by atoms with van der Waals surface area (Å²) < 4.78 is 5.39. The van der Waals surface area contributed by atoms with Crippen molar-refractivity contribution in [3.63, 3.8) is 0 Å². The minimum atomic E-state index is 0. The molecule has 1 aromatic rings. The molecule has 1 aliphatic heterocycles. The van der Waals surface area contributed by atoms with Gasteiger partial charge in [-0.3, -0.25) is 0 Å². The van der Waals surface area contributed by atoms with E-state index in [1.54, 1.807) is 0 Å². The highest BCUT2D eigenvalue weighted by atomic mass is 127. The van der Waals surface area contributed by atoms with Crippen LogP contribution >= 0.6 is 35.7 Å². The standard InChI is InChI=1S/C13H20N4OS.HI/c14-13(17-5-7-19-8-6-17)15-9-11-10-3-1-2-4-12(10)18-16-11;/h1-9H2,(H2,14,15);1H. The third-order valence-electron chi connectivity index (χ3n) is 3.76. The van der Waals surface area contributed by atoms with Gasteiger partial charge < -0.3 is 15.2 Å². The Bertz CT molecular complexity index is 471. The molecule has 0 saturated carbocycles. The second kappa shape index (κ2) is 7.53. The van der Waals surface area contributed by atoms with Gasteiger partial charge in [-0.05, 0) is 19.3 Å². The number of rotatable bonds is 2. The lowest BCUT2D eigenvalue weighted by Gasteiger charge is -2.27. The van der Waals surface area contributed by atoms with Gasteiger partial charge in [-0.2, -0.15) is 11.8 Å². The highest BCUT2D eigenvalue weighted by Crippen LogP contribution is 2.24. The quantitative estimate of drug-likeness (QED) is 0.461. The van der Waals surface area contributed by atoms with Crippen LogP contribution in [0.2, 0.25) is 0 Å². The van der Waals surface area contributed by atoms with Crippen LogP contribution in [0.15, 0.2) is 9.52 Å². The van der Waals surface area contributed by atoms with Crippen LogP contribution < -0.4 is 5.73 Å². The predicted octanol–water partition coefficient (Wildman–Crippen LogP) is 2.03. The van der Waals surface area contributed by atoms with Crippen molar-refractivity contribution in [1.29, 1.82) is 0 Å². The first kappa shape index (κ1) is 15.9. The lowest BCUT2D eigenvalue weighted by molar-refractivity contribution is 0.368. The molecule has 1 fully saturated rings. The first-order valence-corrected chi connectivity index (χ1v) is 8.09. The maximum absolute atomic E-state index is 6.05. The number of aromatic nitrogens is 1. The molecule has 0 radical (unpaired) electrons. The molecule has 3 rings (SSSR count). The van der Waals surface area contributed by atoms with Gasteiger partial charge in [0.05, 0.1) is 6.54 Å². The molecule has 5 nitrogen and oxygen atoms in total. The van der Waals surface area contributed by atoms with Crippen LogP contribution in [-0.4, -0.2) is 40.6 Å². The average Bonchev–Trinajstić information content (AvgIpc) is 2.89. The average molecular weight is 408 g/mol. The van der Waals surface area contributed by atoms with E-state index in [0.717, 1.165) is 48.9 Å². The summed E-state index contributed by atoms with van der Waals surface area (Å²) in [4.78, 5) is 6.64. The van der Waals surface area contributed by atoms with Gasteiger partial charge in [-0.15, -0.1) is 24.0 Å². The Hall–Kier alpha value is -0.440. The Kier molecular flexibility index (Phi) is 6.01. The SMILES string of the molecule is I.NC(=NCc1noc2c1CCCC2)N1CCSCC1. The lowest BCUT2D eigenvalue weighted by atomic mass is 9.96. The molecular formula is C13H21IN4OS. The number of hydrogen-bond donors (Lipinski definition) is 1. The molecule has 7 heteroatoms. The van der Waals surface area contributed by atoms with Crippen LogP contribution in [0.4, 0.5) is 0 Å². The van der Waals surface area contributed by atoms with Crippen molar-refractivity contribution in [3.05, 3.63) is 17.0 Å². The Morgan fingerprint density at radius 2 is 2.05 bits per heavy atom. The van der Waals surface area contributed by atoms with Gasteiger partial charge in [0.2, 0.25) is 0 Å². The summed E-state index contributed by atoms with van der Waals surface area (Å²) in [5, 5.41) is 4.15. The third kappa shape index (κ3) is 3.60. The molecule has 0 amide bonds. The fourth-order valence-electron chi connectivity index (χ4n) is 2.62. The summed E-state index contributed by atoms with van der Waals surface area (Å²) in [6.45, 7) is 2.54. The van der Waals surface area contributed by atoms with Crippen molar-refractivity contribution in [2.45, 2.75) is 32.2 Å². The van der Waals surface area contributed by atoms with E-state index >= 15 is 0 Å². The largest absolute Gasteiger partial charge is 0.370 e. The maximum Gasteiger partial charge on any atom is 0.191 e. The fraction of sp³-hybridized carbons (Fsp3) is 0.692. The molecule has 1 aliphatic carbocycles. The van der Waals surface area contributed by atoms with Crippen LogP contribution in [0.3, 0.4) is 0 Å². The summed E-state index contributed by atoms with van der Waals surface area (Å²) in [7, 11) is 0. The van der Waals surface area contributed by atoms with Crippen LogP contribution in [0.1, 0.15) is 29.9 Å². The molecule has 0 bridgehead atoms. The van der Waals surface area contributed by atoms with Crippen molar-refractivity contribution < 1.29 is 4.52 Å². The van der Waals surface area contributed by atoms with Gasteiger partial charge in [-0.25, -0.2) is 4.99 Å². The minimum absolute atomic E-state index is 0. The van der Waals surface area contributed by atoms with E-state index in [2.05, 4.69) is 15.0 Å². The molecule has 0 atom stereocenters. The highest BCUT2D eigenvalue weighted by molar-refractivity contribution is 14.0. The van der Waals surface area contributed by atoms with E-state index in [4.69, 9.17) is 10.3 Å². The number of guanidine groups is 1. The third-order valence-corrected chi connectivity index (χ3v) is 4.70. The summed E-state index contributed by atoms with van der Waals surface area (Å²) in [5.74, 6) is 3.97. The second-order valence-corrected chi connectivity index (χ2v) is 6.24. The van der Waals surface area contributed by atoms with Crippen LogP contribution in [-0.2, 0) is 19.4 Å². The van der Waals surface area contributed by atoms with E-state index in [1.165, 1.54) is 18.4 Å². The minimum Gasteiger partial charge on any atom is -0.370 e. The number of halogens is 1. The Morgan fingerprint density at radius 1 is 1.30 bits per heavy atom. The number of aryl methyl sites for hydroxylation is 1. The Labute approximate surface area is 140 Å². The van der Waals surface area contributed by atoms with Gasteiger partial charge in [0.25, 0.3) is 0 Å². The van der Waals surface area contributed by atoms with Gasteiger partial charge in [-0.1, -0.05) is 5.16 Å². The summed E-state index contributed by atoms with van der Waals surface area (Å²) in [5.41, 5.74) is 8.30. The number of aliphatic imine (C=N–C) groups is 1. The lowest BCUT2D eigenvalue weighted by Crippen LogP contribution is -2.42. The zero-order valence-corrected chi connectivity index (χ0v) is 14.7. The number of hydrogen-bond acceptors (Lipinski definition) is 4. The summed E-state index contributed by atoms with van der Waals surface area (Å²) in [6.07, 6.45) is 4.52. The van der Waals surface area contributed by atoms with E-state index in [-0.39, 0.29) is 24.0 Å². The van der Waals surface area contributed by atoms with E-state index in [9.17, 15) is 0 Å². The van der Waals surface area contributed by atoms with Crippen molar-refractivity contribution in [1.82, 2.24) is 10.1 Å². The van der Waals surface area contributed by atoms with Crippen molar-refractivity contribution in [3.8, 4) is 0 Å². The summed E-state index contributed by atoms with van der Waals surface area (Å²) >= 11 is 1.97. The number of thioether (sulfide) groups is 1. The van der Waals surface area contributed by atoms with Crippen LogP contribution in [0.5, 0.6) is 0 Å². The molecule has 1 aromatic heterocycles. The zero-order chi connectivity index (χ0) is 13.1. The second-order valence-electron chi connectivity index (χ2n) is 5.01. The van der Waals surface area contributed by atoms with Crippen molar-refractivity contribution >= 4 is 41.7 Å². The molecule has 20 heavy (non-hydrogen) atoms. The molecule has 2 N–H and O–H groups in total. The van der Waals surface area contributed by atoms with Crippen molar-refractivity contribution in [2.24, 2.45) is 10.7 Å². The van der Waals surface area contributed by atoms with E-state index in [1.807, 2.05) is 11.8 Å². The number of fused-ring (bicyclic) bond motifs is 1. The topological polar surface area (TPSA) is 67.6 Å². The summed E-state index contributed by atoms with van der Waals surface area (Å²) in [6, 6.07) is 0. The highest BCUT2D eigenvalue weighted by Gasteiger charge is 2.19. The molecule has 0 aromatic carbocycles. The molecule has 0 unspecified atom stereocenters. The van der Waals surface area contributed by atoms with Crippen LogP contribution in [0, 0.1) is 0 Å². The van der Waals surface area contributed by atoms with E-state index < -0.39 is 0 Å². The van der Waals surface area contributed by atoms with E-state index in [0.29, 0.717) is 12.5 Å².